The Balaban J connectivity index is 1.92. The fourth-order valence-electron chi connectivity index (χ4n) is 2.34. The topological polar surface area (TPSA) is 29.3 Å². The van der Waals surface area contributed by atoms with Gasteiger partial charge in [0.05, 0.1) is 0 Å². The van der Waals surface area contributed by atoms with E-state index in [1.54, 1.807) is 0 Å². The lowest BCUT2D eigenvalue weighted by Crippen LogP contribution is -2.43. The molecule has 2 N–H and O–H groups in total. The van der Waals surface area contributed by atoms with Crippen LogP contribution < -0.4 is 5.73 Å². The molecule has 2 aliphatic rings. The molecule has 0 aromatic carbocycles. The van der Waals surface area contributed by atoms with Gasteiger partial charge in [-0.3, -0.25) is 4.90 Å². The van der Waals surface area contributed by atoms with E-state index in [2.05, 4.69) is 4.90 Å². The summed E-state index contributed by atoms with van der Waals surface area (Å²) in [7, 11) is 0. The van der Waals surface area contributed by atoms with E-state index in [0.29, 0.717) is 5.54 Å². The van der Waals surface area contributed by atoms with Gasteiger partial charge in [-0.1, -0.05) is 12.8 Å². The molecule has 1 saturated carbocycles. The van der Waals surface area contributed by atoms with Crippen LogP contribution in [0.1, 0.15) is 38.5 Å². The number of rotatable bonds is 2. The van der Waals surface area contributed by atoms with Crippen molar-refractivity contribution in [1.82, 2.24) is 4.90 Å². The smallest absolute Gasteiger partial charge is 0.0333 e. The zero-order valence-corrected chi connectivity index (χ0v) is 7.89. The van der Waals surface area contributed by atoms with E-state index in [4.69, 9.17) is 5.73 Å². The molecule has 2 heteroatoms. The quantitative estimate of drug-likeness (QED) is 0.674. The van der Waals surface area contributed by atoms with Crippen molar-refractivity contribution in [3.8, 4) is 0 Å². The molecule has 12 heavy (non-hydrogen) atoms. The molecule has 0 aromatic heterocycles. The molecule has 0 aromatic rings. The van der Waals surface area contributed by atoms with Gasteiger partial charge in [0.2, 0.25) is 0 Å². The summed E-state index contributed by atoms with van der Waals surface area (Å²) in [6, 6.07) is 0. The van der Waals surface area contributed by atoms with E-state index < -0.39 is 0 Å². The van der Waals surface area contributed by atoms with Gasteiger partial charge in [-0.15, -0.1) is 0 Å². The van der Waals surface area contributed by atoms with Crippen LogP contribution in [0.3, 0.4) is 0 Å². The molecule has 70 valence electrons. The number of hydrogen-bond donors (Lipinski definition) is 1. The third-order valence-corrected chi connectivity index (χ3v) is 3.48. The molecular weight excluding hydrogens is 148 g/mol. The van der Waals surface area contributed by atoms with Crippen molar-refractivity contribution in [1.29, 1.82) is 0 Å². The Hall–Kier alpha value is -0.0800. The summed E-state index contributed by atoms with van der Waals surface area (Å²) in [4.78, 5) is 2.65. The second kappa shape index (κ2) is 3.35. The Morgan fingerprint density at radius 1 is 1.00 bits per heavy atom. The van der Waals surface area contributed by atoms with Crippen molar-refractivity contribution in [3.05, 3.63) is 0 Å². The molecule has 0 atom stereocenters. The molecule has 0 amide bonds. The van der Waals surface area contributed by atoms with Crippen LogP contribution in [0.4, 0.5) is 0 Å². The van der Waals surface area contributed by atoms with Gasteiger partial charge in [0.1, 0.15) is 0 Å². The summed E-state index contributed by atoms with van der Waals surface area (Å²) >= 11 is 0. The minimum Gasteiger partial charge on any atom is -0.329 e. The first-order chi connectivity index (χ1) is 5.87. The van der Waals surface area contributed by atoms with E-state index in [0.717, 1.165) is 6.54 Å². The lowest BCUT2D eigenvalue weighted by atomic mass is 10.2. The highest BCUT2D eigenvalue weighted by Gasteiger charge is 2.46. The molecule has 0 bridgehead atoms. The maximum atomic E-state index is 5.81. The highest BCUT2D eigenvalue weighted by Crippen LogP contribution is 2.41. The zero-order chi connectivity index (χ0) is 8.44. The normalized spacial score (nSPS) is 29.8. The van der Waals surface area contributed by atoms with E-state index in [1.807, 2.05) is 0 Å². The molecule has 0 unspecified atom stereocenters. The van der Waals surface area contributed by atoms with Gasteiger partial charge in [-0.25, -0.2) is 0 Å². The van der Waals surface area contributed by atoms with Crippen molar-refractivity contribution in [2.75, 3.05) is 19.6 Å². The van der Waals surface area contributed by atoms with Crippen LogP contribution >= 0.6 is 0 Å². The van der Waals surface area contributed by atoms with Crippen LogP contribution in [0.2, 0.25) is 0 Å². The van der Waals surface area contributed by atoms with E-state index >= 15 is 0 Å². The molecule has 1 aliphatic heterocycles. The standard InChI is InChI=1S/C10H20N2/c11-9-10(5-6-10)12-7-3-1-2-4-8-12/h1-9,11H2. The molecule has 2 nitrogen and oxygen atoms in total. The van der Waals surface area contributed by atoms with Crippen molar-refractivity contribution in [2.24, 2.45) is 5.73 Å². The van der Waals surface area contributed by atoms with Crippen molar-refractivity contribution >= 4 is 0 Å². The van der Waals surface area contributed by atoms with Crippen LogP contribution in [-0.4, -0.2) is 30.1 Å². The Morgan fingerprint density at radius 3 is 2.00 bits per heavy atom. The number of hydrogen-bond acceptors (Lipinski definition) is 2. The molecule has 0 radical (unpaired) electrons. The van der Waals surface area contributed by atoms with Gasteiger partial charge in [-0.05, 0) is 38.8 Å². The number of likely N-dealkylation sites (tertiary alicyclic amines) is 1. The Kier molecular flexibility index (Phi) is 2.37. The van der Waals surface area contributed by atoms with Crippen LogP contribution in [0.25, 0.3) is 0 Å². The lowest BCUT2D eigenvalue weighted by molar-refractivity contribution is 0.189. The lowest BCUT2D eigenvalue weighted by Gasteiger charge is -2.29. The fraction of sp³-hybridized carbons (Fsp3) is 1.00. The number of nitrogens with zero attached hydrogens (tertiary/aromatic N) is 1. The summed E-state index contributed by atoms with van der Waals surface area (Å²) in [5.74, 6) is 0. The molecule has 2 rings (SSSR count). The van der Waals surface area contributed by atoms with E-state index in [-0.39, 0.29) is 0 Å². The number of nitrogens with two attached hydrogens (primary N) is 1. The Morgan fingerprint density at radius 2 is 1.58 bits per heavy atom. The first-order valence-electron chi connectivity index (χ1n) is 5.32. The Bertz CT molecular complexity index is 144. The molecular formula is C10H20N2. The van der Waals surface area contributed by atoms with Gasteiger partial charge in [0.15, 0.2) is 0 Å². The van der Waals surface area contributed by atoms with Crippen molar-refractivity contribution in [2.45, 2.75) is 44.1 Å². The zero-order valence-electron chi connectivity index (χ0n) is 7.89. The van der Waals surface area contributed by atoms with Gasteiger partial charge >= 0.3 is 0 Å². The van der Waals surface area contributed by atoms with Gasteiger partial charge < -0.3 is 5.73 Å². The predicted molar refractivity (Wildman–Crippen MR) is 51.1 cm³/mol. The monoisotopic (exact) mass is 168 g/mol. The third kappa shape index (κ3) is 1.50. The van der Waals surface area contributed by atoms with Crippen LogP contribution in [-0.2, 0) is 0 Å². The third-order valence-electron chi connectivity index (χ3n) is 3.48. The predicted octanol–water partition coefficient (Wildman–Crippen LogP) is 1.35. The first-order valence-corrected chi connectivity index (χ1v) is 5.32. The fourth-order valence-corrected chi connectivity index (χ4v) is 2.34. The summed E-state index contributed by atoms with van der Waals surface area (Å²) < 4.78 is 0. The summed E-state index contributed by atoms with van der Waals surface area (Å²) in [5, 5.41) is 0. The molecule has 2 fully saturated rings. The van der Waals surface area contributed by atoms with Crippen LogP contribution in [0, 0.1) is 0 Å². The molecule has 1 aliphatic carbocycles. The largest absolute Gasteiger partial charge is 0.329 e. The maximum Gasteiger partial charge on any atom is 0.0333 e. The minimum atomic E-state index is 0.463. The second-order valence-electron chi connectivity index (χ2n) is 4.33. The van der Waals surface area contributed by atoms with Gasteiger partial charge in [0, 0.05) is 12.1 Å². The Labute approximate surface area is 75.1 Å². The SMILES string of the molecule is NCC1(N2CCCCCC2)CC1. The maximum absolute atomic E-state index is 5.81. The van der Waals surface area contributed by atoms with Gasteiger partial charge in [-0.2, -0.15) is 0 Å². The highest BCUT2D eigenvalue weighted by molar-refractivity contribution is 5.04. The van der Waals surface area contributed by atoms with E-state index in [9.17, 15) is 0 Å². The summed E-state index contributed by atoms with van der Waals surface area (Å²) in [6.07, 6.45) is 8.34. The van der Waals surface area contributed by atoms with Crippen molar-refractivity contribution < 1.29 is 0 Å². The highest BCUT2D eigenvalue weighted by atomic mass is 15.2. The van der Waals surface area contributed by atoms with Crippen LogP contribution in [0.5, 0.6) is 0 Å². The summed E-state index contributed by atoms with van der Waals surface area (Å²) in [5.41, 5.74) is 6.27. The van der Waals surface area contributed by atoms with E-state index in [1.165, 1.54) is 51.6 Å². The van der Waals surface area contributed by atoms with Crippen molar-refractivity contribution in [3.63, 3.8) is 0 Å². The molecule has 0 spiro atoms. The average Bonchev–Trinajstić information content (AvgIpc) is 2.90. The first kappa shape index (κ1) is 8.52. The summed E-state index contributed by atoms with van der Waals surface area (Å²) in [6.45, 7) is 3.49. The van der Waals surface area contributed by atoms with Gasteiger partial charge in [0.25, 0.3) is 0 Å². The van der Waals surface area contributed by atoms with Crippen LogP contribution in [0.15, 0.2) is 0 Å². The second-order valence-corrected chi connectivity index (χ2v) is 4.33. The molecule has 1 saturated heterocycles. The molecule has 1 heterocycles. The minimum absolute atomic E-state index is 0.463. The average molecular weight is 168 g/mol.